The van der Waals surface area contributed by atoms with Crippen LogP contribution < -0.4 is 22.8 Å². The number of rotatable bonds is 16. The van der Waals surface area contributed by atoms with Crippen LogP contribution in [0.4, 0.5) is 0 Å². The van der Waals surface area contributed by atoms with Gasteiger partial charge in [0.25, 0.3) is 0 Å². The van der Waals surface area contributed by atoms with Gasteiger partial charge in [-0.05, 0) is 227 Å². The highest BCUT2D eigenvalue weighted by molar-refractivity contribution is 5.76. The lowest BCUT2D eigenvalue weighted by Crippen LogP contribution is -2.30. The lowest BCUT2D eigenvalue weighted by molar-refractivity contribution is -0.660. The Morgan fingerprint density at radius 3 is 1.02 bits per heavy atom. The molecule has 0 aliphatic heterocycles. The molecule has 117 heavy (non-hydrogen) atoms. The summed E-state index contributed by atoms with van der Waals surface area (Å²) in [4.78, 5) is 0. The Morgan fingerprint density at radius 1 is 0.342 bits per heavy atom. The fraction of sp³-hybridized carbons (Fsp3) is 0.241. The summed E-state index contributed by atoms with van der Waals surface area (Å²) in [6, 6.07) is 101. The van der Waals surface area contributed by atoms with E-state index < -0.39 is 56.9 Å². The Bertz CT molecular complexity index is 6630. The van der Waals surface area contributed by atoms with Crippen LogP contribution in [0.2, 0.25) is 0 Å². The second kappa shape index (κ2) is 40.5. The number of aryl methyl sites for hydroxylation is 12. The fourth-order valence-corrected chi connectivity index (χ4v) is 14.9. The maximum absolute atomic E-state index is 8.89. The highest BCUT2D eigenvalue weighted by Crippen LogP contribution is 2.37. The maximum atomic E-state index is 8.89. The Morgan fingerprint density at radius 2 is 0.667 bits per heavy atom. The Kier molecular flexibility index (Phi) is 22.2. The summed E-state index contributed by atoms with van der Waals surface area (Å²) in [5.41, 5.74) is 31.5. The smallest absolute Gasteiger partial charge is 0.201 e. The maximum Gasteiger partial charge on any atom is 0.213 e. The number of benzene rings is 10. The minimum Gasteiger partial charge on any atom is -0.201 e. The molecular weight excluding hydrogens is 1420 g/mol. The number of hydrogen-bond donors (Lipinski definition) is 0. The molecule has 10 aromatic carbocycles. The van der Waals surface area contributed by atoms with E-state index in [1.54, 1.807) is 30.3 Å². The molecule has 1 atom stereocenters. The molecule has 1 unspecified atom stereocenters. The zero-order chi connectivity index (χ0) is 97.4. The second-order valence-electron chi connectivity index (χ2n) is 30.2. The monoisotopic (exact) mass is 1550 g/mol. The molecule has 590 valence electrons. The molecular formula is C112H122N5+5. The number of nitrogens with zero attached hydrogens (tertiary/aromatic N) is 5. The van der Waals surface area contributed by atoms with Crippen LogP contribution >= 0.6 is 0 Å². The minimum atomic E-state index is -2.39. The molecule has 16 rings (SSSR count). The van der Waals surface area contributed by atoms with Crippen molar-refractivity contribution in [2.24, 2.45) is 35.2 Å². The topological polar surface area (TPSA) is 19.4 Å². The number of aromatic nitrogens is 5. The van der Waals surface area contributed by atoms with Crippen molar-refractivity contribution < 1.29 is 46.1 Å². The minimum absolute atomic E-state index is 0.0894. The van der Waals surface area contributed by atoms with Crippen molar-refractivity contribution in [3.05, 3.63) is 390 Å². The lowest BCUT2D eigenvalue weighted by Gasteiger charge is -2.22. The molecule has 0 N–H and O–H groups in total. The average Bonchev–Trinajstić information content (AvgIpc) is 0.732. The third-order valence-corrected chi connectivity index (χ3v) is 21.8. The van der Waals surface area contributed by atoms with E-state index in [2.05, 4.69) is 217 Å². The molecule has 1 saturated carbocycles. The molecule has 0 amide bonds. The summed E-state index contributed by atoms with van der Waals surface area (Å²) in [7, 11) is 10.2. The molecule has 1 fully saturated rings. The first-order chi connectivity index (χ1) is 63.0. The van der Waals surface area contributed by atoms with Crippen LogP contribution in [-0.2, 0) is 41.7 Å². The predicted molar refractivity (Wildman–Crippen MR) is 493 cm³/mol. The van der Waals surface area contributed by atoms with E-state index in [-0.39, 0.29) is 19.3 Å². The molecule has 5 nitrogen and oxygen atoms in total. The van der Waals surface area contributed by atoms with Gasteiger partial charge in [0.05, 0.1) is 0 Å². The van der Waals surface area contributed by atoms with Gasteiger partial charge < -0.3 is 0 Å². The molecule has 15 aromatic rings. The quantitative estimate of drug-likeness (QED) is 0.0859. The van der Waals surface area contributed by atoms with E-state index in [1.807, 2.05) is 186 Å². The largest absolute Gasteiger partial charge is 0.213 e. The van der Waals surface area contributed by atoms with E-state index >= 15 is 0 Å². The zero-order valence-electron chi connectivity index (χ0n) is 87.3. The summed E-state index contributed by atoms with van der Waals surface area (Å²) in [5, 5.41) is 0. The molecule has 0 spiro atoms. The molecule has 1 aliphatic rings. The van der Waals surface area contributed by atoms with Gasteiger partial charge in [0.2, 0.25) is 28.5 Å². The van der Waals surface area contributed by atoms with Gasteiger partial charge in [-0.15, -0.1) is 0 Å². The van der Waals surface area contributed by atoms with Crippen LogP contribution in [0.25, 0.3) is 112 Å². The van der Waals surface area contributed by atoms with Crippen molar-refractivity contribution in [1.29, 1.82) is 0 Å². The Balaban J connectivity index is 0.000000152. The molecule has 5 aromatic heterocycles. The van der Waals surface area contributed by atoms with E-state index in [0.717, 1.165) is 89.5 Å². The Hall–Kier alpha value is -12.1. The third-order valence-electron chi connectivity index (χ3n) is 21.8. The standard InChI is InChI=1S/C25H28N.C24H28N.C22H24N.C21H22N.C20H20N/c1-19-8-6-7-11-24(19)25-18-23(16-17-26(25)2)22-14-12-21(13-15-22)20-9-4-3-5-10-20;1-5-19(6-2)20-11-13-21(14-12-20)22-15-16-25(4)24(17-22)23-10-8-7-9-18(23)3;1-16(2)18-9-7-10-19(14-18)20-12-13-23(4)22(15-20)21-11-6-5-8-17(21)3;1-4-17-9-7-10-18(14-17)19-12-13-22(3)21(15-19)20-11-6-5-8-16(20)2;1-15-7-6-9-17(13-15)18-11-12-21(3)20(14-18)19-10-5-4-8-16(19)2/h6-8,11-18,20H,3-5,9-10H2,1-2H3;7-17,19H,5-6H2,1-4H3;5-16H,1-4H3;5-15H,4H2,1-3H3;4-14H,1-3H3/q5*+1/i9D2,10D2,20D;5D2,6D2,19D;1D3,16D;1D3;. The van der Waals surface area contributed by atoms with Gasteiger partial charge in [-0.2, -0.15) is 0 Å². The van der Waals surface area contributed by atoms with Gasteiger partial charge >= 0.3 is 0 Å². The van der Waals surface area contributed by atoms with Crippen LogP contribution in [0, 0.1) is 41.5 Å². The van der Waals surface area contributed by atoms with Crippen LogP contribution in [0.5, 0.6) is 0 Å². The van der Waals surface area contributed by atoms with Crippen LogP contribution in [0.15, 0.2) is 334 Å². The molecule has 0 bridgehead atoms. The second-order valence-corrected chi connectivity index (χ2v) is 30.2. The molecule has 5 heteroatoms. The van der Waals surface area contributed by atoms with Crippen LogP contribution in [0.1, 0.15) is 176 Å². The summed E-state index contributed by atoms with van der Waals surface area (Å²) in [6.45, 7) is 12.3. The summed E-state index contributed by atoms with van der Waals surface area (Å²) >= 11 is 0. The van der Waals surface area contributed by atoms with Gasteiger partial charge in [0, 0.05) is 112 Å². The first kappa shape index (κ1) is 64.2. The molecule has 1 aliphatic carbocycles. The highest BCUT2D eigenvalue weighted by atomic mass is 14.9. The van der Waals surface area contributed by atoms with Gasteiger partial charge in [-0.3, -0.25) is 0 Å². The van der Waals surface area contributed by atoms with E-state index in [1.165, 1.54) is 82.1 Å². The average molecular weight is 1560 g/mol. The van der Waals surface area contributed by atoms with Crippen LogP contribution in [0.3, 0.4) is 0 Å². The van der Waals surface area contributed by atoms with Crippen molar-refractivity contribution in [3.8, 4) is 112 Å². The normalized spacial score (nSPS) is 16.1. The van der Waals surface area contributed by atoms with Crippen molar-refractivity contribution in [2.45, 2.75) is 145 Å². The van der Waals surface area contributed by atoms with E-state index in [4.69, 9.17) is 23.3 Å². The van der Waals surface area contributed by atoms with Crippen molar-refractivity contribution in [3.63, 3.8) is 0 Å². The van der Waals surface area contributed by atoms with Gasteiger partial charge in [0.15, 0.2) is 31.0 Å². The Labute approximate surface area is 724 Å². The van der Waals surface area contributed by atoms with Crippen molar-refractivity contribution in [2.75, 3.05) is 0 Å². The number of hydrogen-bond acceptors (Lipinski definition) is 0. The van der Waals surface area contributed by atoms with Gasteiger partial charge in [-0.1, -0.05) is 272 Å². The third kappa shape index (κ3) is 21.5. The lowest BCUT2D eigenvalue weighted by atomic mass is 9.84. The van der Waals surface area contributed by atoms with E-state index in [0.29, 0.717) is 23.1 Å². The first-order valence-electron chi connectivity index (χ1n) is 48.8. The molecule has 0 radical (unpaired) electrons. The fourth-order valence-electron chi connectivity index (χ4n) is 14.9. The van der Waals surface area contributed by atoms with Crippen molar-refractivity contribution >= 4 is 0 Å². The number of pyridine rings is 5. The van der Waals surface area contributed by atoms with Crippen LogP contribution in [-0.4, -0.2) is 0 Å². The first-order valence-corrected chi connectivity index (χ1v) is 40.3. The zero-order valence-corrected chi connectivity index (χ0v) is 70.3. The summed E-state index contributed by atoms with van der Waals surface area (Å²) < 4.78 is 148. The van der Waals surface area contributed by atoms with E-state index in [9.17, 15) is 0 Å². The summed E-state index contributed by atoms with van der Waals surface area (Å²) in [5.74, 6) is -5.60. The predicted octanol–water partition coefficient (Wildman–Crippen LogP) is 26.7. The van der Waals surface area contributed by atoms with Crippen molar-refractivity contribution in [1.82, 2.24) is 0 Å². The SMILES string of the molecule is Cc1cccc(-c2cc[n+](C)c(-c3ccccc3C)c2)c1.[2H]C([2H])(C)C([2H])(c1ccc(-c2cc[n+](C)c(-c3ccccc3C)c2)cc1)C([2H])([2H])C.[2H]C([2H])([2H])C([2H])(C)c1cccc(-c2cc[n+](C)c(-c3ccccc3C)c2)c1.[2H]C([2H])([2H])Cc1cccc(-c2cc[n+](C)c(-c3ccccc3C)c2)c1.[2H]C1([2H])CCCC([2H])([2H])C1([2H])c1ccc(-c2cc[n+](C)c(-c3ccccc3C)c2)cc1. The van der Waals surface area contributed by atoms with Gasteiger partial charge in [-0.25, -0.2) is 22.8 Å². The molecule has 0 saturated heterocycles. The molecule has 5 heterocycles. The van der Waals surface area contributed by atoms with Gasteiger partial charge in [0.1, 0.15) is 35.2 Å². The summed E-state index contributed by atoms with van der Waals surface area (Å²) in [6.07, 6.45) is 3.23. The highest BCUT2D eigenvalue weighted by Gasteiger charge is 2.22.